The smallest absolute Gasteiger partial charge is 0.171 e. The van der Waals surface area contributed by atoms with Crippen molar-refractivity contribution in [2.45, 2.75) is 52.6 Å². The monoisotopic (exact) mass is 247 g/mol. The van der Waals surface area contributed by atoms with Crippen molar-refractivity contribution in [1.82, 2.24) is 4.90 Å². The second-order valence-electron chi connectivity index (χ2n) is 4.41. The minimum atomic E-state index is -0.657. The fourth-order valence-electron chi connectivity index (χ4n) is 2.34. The van der Waals surface area contributed by atoms with Crippen LogP contribution in [0.4, 0.5) is 0 Å². The zero-order valence-electron chi connectivity index (χ0n) is 11.1. The number of nitrogens with zero attached hydrogens (tertiary/aromatic N) is 1. The van der Waals surface area contributed by atoms with Crippen molar-refractivity contribution in [3.8, 4) is 0 Å². The SMILES string of the molecule is CCOP(CCN1[C@H](C)CC[C@H]1C)OCC. The lowest BCUT2D eigenvalue weighted by Crippen LogP contribution is -2.34. The number of likely N-dealkylation sites (tertiary alicyclic amines) is 1. The molecule has 0 N–H and O–H groups in total. The van der Waals surface area contributed by atoms with Gasteiger partial charge >= 0.3 is 0 Å². The molecule has 2 atom stereocenters. The van der Waals surface area contributed by atoms with Gasteiger partial charge in [-0.2, -0.15) is 0 Å². The first-order valence-electron chi connectivity index (χ1n) is 6.48. The van der Waals surface area contributed by atoms with Gasteiger partial charge in [-0.1, -0.05) is 0 Å². The van der Waals surface area contributed by atoms with E-state index in [1.807, 2.05) is 13.8 Å². The zero-order chi connectivity index (χ0) is 12.0. The van der Waals surface area contributed by atoms with Gasteiger partial charge in [-0.05, 0) is 40.5 Å². The van der Waals surface area contributed by atoms with E-state index in [-0.39, 0.29) is 0 Å². The van der Waals surface area contributed by atoms with Gasteiger partial charge in [0.05, 0.1) is 13.2 Å². The van der Waals surface area contributed by atoms with Crippen LogP contribution in [-0.4, -0.2) is 42.9 Å². The minimum absolute atomic E-state index is 0.657. The Morgan fingerprint density at radius 1 is 1.06 bits per heavy atom. The summed E-state index contributed by atoms with van der Waals surface area (Å²) in [6, 6.07) is 1.46. The van der Waals surface area contributed by atoms with Gasteiger partial charge in [-0.15, -0.1) is 0 Å². The van der Waals surface area contributed by atoms with Gasteiger partial charge in [-0.3, -0.25) is 4.90 Å². The molecule has 1 heterocycles. The Bertz CT molecular complexity index is 176. The van der Waals surface area contributed by atoms with Crippen LogP contribution < -0.4 is 0 Å². The van der Waals surface area contributed by atoms with E-state index < -0.39 is 8.38 Å². The third kappa shape index (κ3) is 4.29. The first-order chi connectivity index (χ1) is 7.69. The molecule has 1 aliphatic rings. The summed E-state index contributed by atoms with van der Waals surface area (Å²) in [6.45, 7) is 11.4. The van der Waals surface area contributed by atoms with E-state index >= 15 is 0 Å². The molecule has 1 aliphatic heterocycles. The predicted octanol–water partition coefficient (Wildman–Crippen LogP) is 3.24. The Balaban J connectivity index is 2.29. The molecule has 1 fully saturated rings. The van der Waals surface area contributed by atoms with E-state index in [9.17, 15) is 0 Å². The fourth-order valence-corrected chi connectivity index (χ4v) is 3.64. The number of hydrogen-bond donors (Lipinski definition) is 0. The highest BCUT2D eigenvalue weighted by atomic mass is 31.2. The van der Waals surface area contributed by atoms with Crippen molar-refractivity contribution >= 4 is 8.38 Å². The molecule has 0 bridgehead atoms. The minimum Gasteiger partial charge on any atom is -0.334 e. The normalized spacial score (nSPS) is 26.8. The van der Waals surface area contributed by atoms with Crippen molar-refractivity contribution < 1.29 is 9.05 Å². The Hall–Kier alpha value is 0.310. The van der Waals surface area contributed by atoms with Crippen LogP contribution in [0.5, 0.6) is 0 Å². The van der Waals surface area contributed by atoms with Crippen molar-refractivity contribution in [2.24, 2.45) is 0 Å². The summed E-state index contributed by atoms with van der Waals surface area (Å²) in [7, 11) is -0.657. The molecule has 0 aliphatic carbocycles. The Labute approximate surface area is 101 Å². The topological polar surface area (TPSA) is 21.7 Å². The average Bonchev–Trinajstić information content (AvgIpc) is 2.56. The van der Waals surface area contributed by atoms with Crippen LogP contribution in [0.25, 0.3) is 0 Å². The van der Waals surface area contributed by atoms with Crippen LogP contribution in [0.2, 0.25) is 0 Å². The standard InChI is InChI=1S/C12H26NO2P/c1-5-14-16(15-6-2)10-9-13-11(3)7-8-12(13)4/h11-12H,5-10H2,1-4H3/t11-,12-/m1/s1. The van der Waals surface area contributed by atoms with Crippen LogP contribution in [0, 0.1) is 0 Å². The molecule has 0 radical (unpaired) electrons. The average molecular weight is 247 g/mol. The van der Waals surface area contributed by atoms with E-state index in [4.69, 9.17) is 9.05 Å². The van der Waals surface area contributed by atoms with Crippen molar-refractivity contribution in [2.75, 3.05) is 25.9 Å². The van der Waals surface area contributed by atoms with E-state index in [2.05, 4.69) is 18.7 Å². The van der Waals surface area contributed by atoms with Crippen LogP contribution in [0.1, 0.15) is 40.5 Å². The van der Waals surface area contributed by atoms with E-state index in [1.165, 1.54) is 12.8 Å². The molecule has 0 unspecified atom stereocenters. The van der Waals surface area contributed by atoms with Crippen LogP contribution in [0.15, 0.2) is 0 Å². The maximum atomic E-state index is 5.63. The fraction of sp³-hybridized carbons (Fsp3) is 1.00. The molecule has 16 heavy (non-hydrogen) atoms. The Kier molecular flexibility index (Phi) is 6.83. The van der Waals surface area contributed by atoms with Crippen LogP contribution in [-0.2, 0) is 9.05 Å². The third-order valence-electron chi connectivity index (χ3n) is 3.22. The molecule has 1 rings (SSSR count). The summed E-state index contributed by atoms with van der Waals surface area (Å²) in [5.41, 5.74) is 0. The molecule has 1 saturated heterocycles. The van der Waals surface area contributed by atoms with Gasteiger partial charge in [-0.25, -0.2) is 0 Å². The second-order valence-corrected chi connectivity index (χ2v) is 6.03. The van der Waals surface area contributed by atoms with Crippen LogP contribution >= 0.6 is 8.38 Å². The maximum absolute atomic E-state index is 5.63. The lowest BCUT2D eigenvalue weighted by molar-refractivity contribution is 0.217. The highest BCUT2D eigenvalue weighted by Crippen LogP contribution is 2.38. The molecule has 0 aromatic carbocycles. The first-order valence-corrected chi connectivity index (χ1v) is 7.84. The third-order valence-corrected chi connectivity index (χ3v) is 4.88. The number of hydrogen-bond acceptors (Lipinski definition) is 3. The van der Waals surface area contributed by atoms with E-state index in [0.717, 1.165) is 38.0 Å². The van der Waals surface area contributed by atoms with Gasteiger partial charge in [0.2, 0.25) is 0 Å². The summed E-state index contributed by atoms with van der Waals surface area (Å²) < 4.78 is 11.3. The Morgan fingerprint density at radius 2 is 1.56 bits per heavy atom. The van der Waals surface area contributed by atoms with E-state index in [1.54, 1.807) is 0 Å². The number of rotatable bonds is 7. The lowest BCUT2D eigenvalue weighted by atomic mass is 10.2. The lowest BCUT2D eigenvalue weighted by Gasteiger charge is -2.27. The molecule has 0 amide bonds. The van der Waals surface area contributed by atoms with Gasteiger partial charge in [0.25, 0.3) is 0 Å². The zero-order valence-corrected chi connectivity index (χ0v) is 12.0. The van der Waals surface area contributed by atoms with Gasteiger partial charge in [0.1, 0.15) is 0 Å². The molecule has 3 nitrogen and oxygen atoms in total. The first kappa shape index (κ1) is 14.4. The molecule has 96 valence electrons. The quantitative estimate of drug-likeness (QED) is 0.645. The highest BCUT2D eigenvalue weighted by Gasteiger charge is 2.27. The van der Waals surface area contributed by atoms with Gasteiger partial charge in [0.15, 0.2) is 8.38 Å². The highest BCUT2D eigenvalue weighted by molar-refractivity contribution is 7.47. The Morgan fingerprint density at radius 3 is 2.00 bits per heavy atom. The van der Waals surface area contributed by atoms with Gasteiger partial charge in [0, 0.05) is 24.8 Å². The second kappa shape index (κ2) is 7.60. The molecule has 0 spiro atoms. The maximum Gasteiger partial charge on any atom is 0.171 e. The summed E-state index contributed by atoms with van der Waals surface area (Å²) in [5, 5.41) is 0. The summed E-state index contributed by atoms with van der Waals surface area (Å²) >= 11 is 0. The molecular weight excluding hydrogens is 221 g/mol. The largest absolute Gasteiger partial charge is 0.334 e. The van der Waals surface area contributed by atoms with Crippen molar-refractivity contribution in [3.05, 3.63) is 0 Å². The summed E-state index contributed by atoms with van der Waals surface area (Å²) in [4.78, 5) is 2.59. The van der Waals surface area contributed by atoms with Crippen LogP contribution in [0.3, 0.4) is 0 Å². The van der Waals surface area contributed by atoms with Crippen molar-refractivity contribution in [3.63, 3.8) is 0 Å². The molecule has 0 saturated carbocycles. The molecule has 0 aromatic heterocycles. The van der Waals surface area contributed by atoms with Gasteiger partial charge < -0.3 is 9.05 Å². The van der Waals surface area contributed by atoms with Crippen molar-refractivity contribution in [1.29, 1.82) is 0 Å². The molecular formula is C12H26NO2P. The summed E-state index contributed by atoms with van der Waals surface area (Å²) in [6.07, 6.45) is 3.72. The predicted molar refractivity (Wildman–Crippen MR) is 69.9 cm³/mol. The molecule has 4 heteroatoms. The summed E-state index contributed by atoms with van der Waals surface area (Å²) in [5.74, 6) is 0. The molecule has 0 aromatic rings. The van der Waals surface area contributed by atoms with E-state index in [0.29, 0.717) is 0 Å².